The summed E-state index contributed by atoms with van der Waals surface area (Å²) in [6.07, 6.45) is 2.92. The van der Waals surface area contributed by atoms with Crippen LogP contribution in [0.1, 0.15) is 46.7 Å². The molecule has 25 heavy (non-hydrogen) atoms. The molecule has 128 valence electrons. The zero-order valence-corrected chi connectivity index (χ0v) is 14.2. The summed E-state index contributed by atoms with van der Waals surface area (Å²) in [4.78, 5) is 26.2. The van der Waals surface area contributed by atoms with Crippen molar-refractivity contribution in [2.75, 3.05) is 11.4 Å². The topological polar surface area (TPSA) is 63.4 Å². The number of carbonyl (C=O) groups excluding carboxylic acids is 2. The minimum absolute atomic E-state index is 0.112. The molecule has 1 aliphatic heterocycles. The number of carbonyl (C=O) groups is 2. The van der Waals surface area contributed by atoms with Gasteiger partial charge in [-0.25, -0.2) is 0 Å². The van der Waals surface area contributed by atoms with E-state index in [-0.39, 0.29) is 17.7 Å². The zero-order valence-electron chi connectivity index (χ0n) is 14.2. The fraction of sp³-hybridized carbons (Fsp3) is 0.333. The predicted molar refractivity (Wildman–Crippen MR) is 97.8 cm³/mol. The summed E-state index contributed by atoms with van der Waals surface area (Å²) in [7, 11) is 0. The van der Waals surface area contributed by atoms with Gasteiger partial charge in [-0.1, -0.05) is 30.3 Å². The average Bonchev–Trinajstić information content (AvgIpc) is 3.21. The summed E-state index contributed by atoms with van der Waals surface area (Å²) < 4.78 is 0. The predicted octanol–water partition coefficient (Wildman–Crippen LogP) is 3.05. The van der Waals surface area contributed by atoms with Crippen LogP contribution in [0.4, 0.5) is 5.69 Å². The minimum Gasteiger partial charge on any atom is -0.327 e. The molecule has 2 aliphatic rings. The molecule has 4 rings (SSSR count). The van der Waals surface area contributed by atoms with Crippen LogP contribution < -0.4 is 10.6 Å². The van der Waals surface area contributed by atoms with Crippen LogP contribution in [0.2, 0.25) is 0 Å². The maximum absolute atomic E-state index is 12.6. The normalized spacial score (nSPS) is 22.3. The van der Waals surface area contributed by atoms with E-state index in [1.54, 1.807) is 0 Å². The lowest BCUT2D eigenvalue weighted by Gasteiger charge is -2.15. The molecule has 0 aromatic heterocycles. The molecule has 1 saturated heterocycles. The van der Waals surface area contributed by atoms with Gasteiger partial charge >= 0.3 is 0 Å². The van der Waals surface area contributed by atoms with Crippen LogP contribution >= 0.6 is 0 Å². The van der Waals surface area contributed by atoms with Crippen LogP contribution in [0.25, 0.3) is 0 Å². The number of anilines is 1. The minimum atomic E-state index is 0.112. The van der Waals surface area contributed by atoms with Crippen LogP contribution in [-0.4, -0.2) is 24.3 Å². The number of Topliss-reactive ketones (excluding diaryl/α,β-unsaturated/α-hetero) is 1. The van der Waals surface area contributed by atoms with Crippen LogP contribution in [0.3, 0.4) is 0 Å². The van der Waals surface area contributed by atoms with Crippen molar-refractivity contribution in [3.05, 3.63) is 65.2 Å². The van der Waals surface area contributed by atoms with Crippen LogP contribution in [0, 0.1) is 0 Å². The number of nitrogens with zero attached hydrogens (tertiary/aromatic N) is 1. The lowest BCUT2D eigenvalue weighted by molar-refractivity contribution is -0.117. The third-order valence-corrected chi connectivity index (χ3v) is 5.16. The number of rotatable bonds is 5. The average molecular weight is 334 g/mol. The Hall–Kier alpha value is -2.46. The zero-order chi connectivity index (χ0) is 17.4. The Morgan fingerprint density at radius 2 is 1.92 bits per heavy atom. The monoisotopic (exact) mass is 334 g/mol. The van der Waals surface area contributed by atoms with Gasteiger partial charge in [0.15, 0.2) is 5.78 Å². The quantitative estimate of drug-likeness (QED) is 0.855. The van der Waals surface area contributed by atoms with Gasteiger partial charge in [0.05, 0.1) is 0 Å². The molecular weight excluding hydrogens is 312 g/mol. The standard InChI is InChI=1S/C21H22N2O2/c22-19-13-18(19)15-3-1-4-16(12-15)20(24)11-14-6-8-17(9-7-14)23-10-2-5-21(23)25/h1,3-4,6-9,12,18-19H,2,5,10-11,13,22H2. The highest BCUT2D eigenvalue weighted by Gasteiger charge is 2.34. The van der Waals surface area contributed by atoms with Gasteiger partial charge in [0.1, 0.15) is 0 Å². The summed E-state index contributed by atoms with van der Waals surface area (Å²) in [6, 6.07) is 15.8. The van der Waals surface area contributed by atoms with E-state index >= 15 is 0 Å². The van der Waals surface area contributed by atoms with Gasteiger partial charge in [-0.3, -0.25) is 9.59 Å². The first-order valence-electron chi connectivity index (χ1n) is 8.90. The van der Waals surface area contributed by atoms with Crippen molar-refractivity contribution in [1.82, 2.24) is 0 Å². The number of benzene rings is 2. The Kier molecular flexibility index (Phi) is 4.14. The second-order valence-corrected chi connectivity index (χ2v) is 7.05. The molecule has 1 amide bonds. The SMILES string of the molecule is NC1CC1c1cccc(C(=O)Cc2ccc(N3CCCC3=O)cc2)c1. The van der Waals surface area contributed by atoms with Crippen molar-refractivity contribution < 1.29 is 9.59 Å². The lowest BCUT2D eigenvalue weighted by Crippen LogP contribution is -2.23. The van der Waals surface area contributed by atoms with E-state index in [4.69, 9.17) is 5.73 Å². The number of ketones is 1. The fourth-order valence-electron chi connectivity index (χ4n) is 3.54. The Morgan fingerprint density at radius 1 is 1.16 bits per heavy atom. The molecule has 2 fully saturated rings. The van der Waals surface area contributed by atoms with Crippen LogP contribution in [0.15, 0.2) is 48.5 Å². The number of amides is 1. The highest BCUT2D eigenvalue weighted by molar-refractivity contribution is 5.98. The van der Waals surface area contributed by atoms with Crippen molar-refractivity contribution in [2.24, 2.45) is 5.73 Å². The van der Waals surface area contributed by atoms with Crippen molar-refractivity contribution in [2.45, 2.75) is 37.6 Å². The Labute approximate surface area is 147 Å². The summed E-state index contributed by atoms with van der Waals surface area (Å²) >= 11 is 0. The highest BCUT2D eigenvalue weighted by atomic mass is 16.2. The van der Waals surface area contributed by atoms with Gasteiger partial charge in [0.25, 0.3) is 0 Å². The summed E-state index contributed by atoms with van der Waals surface area (Å²) in [5, 5.41) is 0. The van der Waals surface area contributed by atoms with Gasteiger partial charge in [-0.05, 0) is 42.2 Å². The highest BCUT2D eigenvalue weighted by Crippen LogP contribution is 2.39. The first-order valence-corrected chi connectivity index (χ1v) is 8.90. The maximum Gasteiger partial charge on any atom is 0.227 e. The van der Waals surface area contributed by atoms with Crippen molar-refractivity contribution >= 4 is 17.4 Å². The number of nitrogens with two attached hydrogens (primary N) is 1. The fourth-order valence-corrected chi connectivity index (χ4v) is 3.54. The molecule has 0 spiro atoms. The summed E-state index contributed by atoms with van der Waals surface area (Å²) in [6.45, 7) is 0.785. The largest absolute Gasteiger partial charge is 0.327 e. The smallest absolute Gasteiger partial charge is 0.227 e. The molecule has 1 saturated carbocycles. The molecule has 2 atom stereocenters. The third kappa shape index (κ3) is 3.35. The number of hydrogen-bond acceptors (Lipinski definition) is 3. The van der Waals surface area contributed by atoms with Crippen LogP contribution in [0.5, 0.6) is 0 Å². The van der Waals surface area contributed by atoms with E-state index in [1.807, 2.05) is 47.4 Å². The first-order chi connectivity index (χ1) is 12.1. The van der Waals surface area contributed by atoms with E-state index in [0.29, 0.717) is 18.8 Å². The van der Waals surface area contributed by atoms with Crippen molar-refractivity contribution in [1.29, 1.82) is 0 Å². The van der Waals surface area contributed by atoms with E-state index < -0.39 is 0 Å². The van der Waals surface area contributed by atoms with Crippen molar-refractivity contribution in [3.63, 3.8) is 0 Å². The molecular formula is C21H22N2O2. The van der Waals surface area contributed by atoms with Crippen molar-refractivity contribution in [3.8, 4) is 0 Å². The molecule has 2 aromatic carbocycles. The number of hydrogen-bond donors (Lipinski definition) is 1. The molecule has 4 heteroatoms. The second-order valence-electron chi connectivity index (χ2n) is 7.05. The Balaban J connectivity index is 1.45. The molecule has 0 bridgehead atoms. The molecule has 2 aromatic rings. The van der Waals surface area contributed by atoms with E-state index in [9.17, 15) is 9.59 Å². The van der Waals surface area contributed by atoms with Gasteiger partial charge in [-0.2, -0.15) is 0 Å². The lowest BCUT2D eigenvalue weighted by atomic mass is 9.99. The molecule has 0 radical (unpaired) electrons. The third-order valence-electron chi connectivity index (χ3n) is 5.16. The van der Waals surface area contributed by atoms with Crippen LogP contribution in [-0.2, 0) is 11.2 Å². The van der Waals surface area contributed by atoms with Gasteiger partial charge < -0.3 is 10.6 Å². The molecule has 1 aliphatic carbocycles. The van der Waals surface area contributed by atoms with Gasteiger partial charge in [0, 0.05) is 42.6 Å². The van der Waals surface area contributed by atoms with E-state index in [1.165, 1.54) is 5.56 Å². The summed E-state index contributed by atoms with van der Waals surface area (Å²) in [5.74, 6) is 0.699. The van der Waals surface area contributed by atoms with E-state index in [0.717, 1.165) is 36.2 Å². The second kappa shape index (κ2) is 6.45. The summed E-state index contributed by atoms with van der Waals surface area (Å²) in [5.41, 5.74) is 9.71. The van der Waals surface area contributed by atoms with Gasteiger partial charge in [0.2, 0.25) is 5.91 Å². The molecule has 4 nitrogen and oxygen atoms in total. The molecule has 1 heterocycles. The van der Waals surface area contributed by atoms with Gasteiger partial charge in [-0.15, -0.1) is 0 Å². The first kappa shape index (κ1) is 16.0. The Bertz CT molecular complexity index is 813. The van der Waals surface area contributed by atoms with E-state index in [2.05, 4.69) is 6.07 Å². The molecule has 2 unspecified atom stereocenters. The molecule has 2 N–H and O–H groups in total. The maximum atomic E-state index is 12.6. The Morgan fingerprint density at radius 3 is 2.56 bits per heavy atom.